The first-order valence-electron chi connectivity index (χ1n) is 8.03. The van der Waals surface area contributed by atoms with E-state index in [2.05, 4.69) is 4.74 Å². The van der Waals surface area contributed by atoms with E-state index in [0.29, 0.717) is 0 Å². The Hall–Kier alpha value is -2.00. The van der Waals surface area contributed by atoms with Gasteiger partial charge in [0.2, 0.25) is 10.0 Å². The lowest BCUT2D eigenvalue weighted by Gasteiger charge is -2.18. The largest absolute Gasteiger partial charge is 0.465 e. The molecule has 0 bridgehead atoms. The maximum absolute atomic E-state index is 13.5. The molecule has 0 unspecified atom stereocenters. The fraction of sp³-hybridized carbons (Fsp3) is 0.278. The Morgan fingerprint density at radius 1 is 1.19 bits per heavy atom. The summed E-state index contributed by atoms with van der Waals surface area (Å²) in [5.41, 5.74) is 6.79. The van der Waals surface area contributed by atoms with E-state index in [-0.39, 0.29) is 47.9 Å². The minimum absolute atomic E-state index is 0. The number of hydrogen-bond donors (Lipinski definition) is 1. The number of rotatable bonds is 4. The highest BCUT2D eigenvalue weighted by Gasteiger charge is 2.39. The van der Waals surface area contributed by atoms with Gasteiger partial charge >= 0.3 is 5.97 Å². The first-order valence-corrected chi connectivity index (χ1v) is 9.47. The van der Waals surface area contributed by atoms with E-state index in [0.717, 1.165) is 30.9 Å². The molecule has 0 saturated carbocycles. The SMILES string of the molecule is COC(=O)c1cc(F)ccc1S(=O)(=O)N1C[C@@H](N)[C@H](c2ccccc2)C1.Cl. The summed E-state index contributed by atoms with van der Waals surface area (Å²) < 4.78 is 45.4. The lowest BCUT2D eigenvalue weighted by Crippen LogP contribution is -2.33. The number of hydrogen-bond acceptors (Lipinski definition) is 5. The number of methoxy groups -OCH3 is 1. The Balaban J connectivity index is 0.00000261. The summed E-state index contributed by atoms with van der Waals surface area (Å²) in [7, 11) is -2.92. The molecule has 1 fully saturated rings. The number of benzene rings is 2. The van der Waals surface area contributed by atoms with Gasteiger partial charge in [-0.25, -0.2) is 17.6 Å². The molecular weight excluding hydrogens is 395 g/mol. The van der Waals surface area contributed by atoms with Gasteiger partial charge in [-0.2, -0.15) is 4.31 Å². The fourth-order valence-corrected chi connectivity index (χ4v) is 4.84. The van der Waals surface area contributed by atoms with Crippen molar-refractivity contribution < 1.29 is 22.3 Å². The van der Waals surface area contributed by atoms with Gasteiger partial charge in [0, 0.05) is 25.0 Å². The molecule has 146 valence electrons. The van der Waals surface area contributed by atoms with Crippen LogP contribution in [0.15, 0.2) is 53.4 Å². The normalized spacial score (nSPS) is 20.1. The number of nitrogens with zero attached hydrogens (tertiary/aromatic N) is 1. The monoisotopic (exact) mass is 414 g/mol. The van der Waals surface area contributed by atoms with Crippen molar-refractivity contribution in [2.24, 2.45) is 5.73 Å². The number of halogens is 2. The molecule has 0 aromatic heterocycles. The number of carbonyl (C=O) groups excluding carboxylic acids is 1. The maximum Gasteiger partial charge on any atom is 0.339 e. The van der Waals surface area contributed by atoms with Crippen LogP contribution in [0.4, 0.5) is 4.39 Å². The summed E-state index contributed by atoms with van der Waals surface area (Å²) >= 11 is 0. The van der Waals surface area contributed by atoms with Crippen LogP contribution in [0.1, 0.15) is 21.8 Å². The van der Waals surface area contributed by atoms with E-state index in [4.69, 9.17) is 5.73 Å². The van der Waals surface area contributed by atoms with Crippen LogP contribution < -0.4 is 5.73 Å². The Morgan fingerprint density at radius 3 is 2.48 bits per heavy atom. The van der Waals surface area contributed by atoms with Gasteiger partial charge < -0.3 is 10.5 Å². The Labute approximate surface area is 163 Å². The molecule has 9 heteroatoms. The second-order valence-electron chi connectivity index (χ2n) is 6.14. The van der Waals surface area contributed by atoms with Crippen LogP contribution in [0.25, 0.3) is 0 Å². The summed E-state index contributed by atoms with van der Waals surface area (Å²) in [5.74, 6) is -1.79. The third-order valence-corrected chi connectivity index (χ3v) is 6.41. The van der Waals surface area contributed by atoms with E-state index in [9.17, 15) is 17.6 Å². The third kappa shape index (κ3) is 4.14. The quantitative estimate of drug-likeness (QED) is 0.774. The second-order valence-corrected chi connectivity index (χ2v) is 8.04. The first kappa shape index (κ1) is 21.3. The summed E-state index contributed by atoms with van der Waals surface area (Å²) in [6.45, 7) is 0.297. The third-order valence-electron chi connectivity index (χ3n) is 4.52. The molecular formula is C18H20ClFN2O4S. The minimum atomic E-state index is -4.03. The molecule has 0 amide bonds. The van der Waals surface area contributed by atoms with Gasteiger partial charge in [0.25, 0.3) is 0 Å². The van der Waals surface area contributed by atoms with Crippen LogP contribution in [-0.2, 0) is 14.8 Å². The van der Waals surface area contributed by atoms with Crippen molar-refractivity contribution in [2.45, 2.75) is 16.9 Å². The summed E-state index contributed by atoms with van der Waals surface area (Å²) in [4.78, 5) is 11.6. The summed E-state index contributed by atoms with van der Waals surface area (Å²) in [5, 5.41) is 0. The van der Waals surface area contributed by atoms with E-state index in [1.54, 1.807) is 0 Å². The molecule has 27 heavy (non-hydrogen) atoms. The maximum atomic E-state index is 13.5. The van der Waals surface area contributed by atoms with Crippen molar-refractivity contribution in [1.29, 1.82) is 0 Å². The number of sulfonamides is 1. The summed E-state index contributed by atoms with van der Waals surface area (Å²) in [6.07, 6.45) is 0. The van der Waals surface area contributed by atoms with Crippen molar-refractivity contribution >= 4 is 28.4 Å². The lowest BCUT2D eigenvalue weighted by atomic mass is 9.95. The van der Waals surface area contributed by atoms with E-state index >= 15 is 0 Å². The molecule has 1 saturated heterocycles. The van der Waals surface area contributed by atoms with Crippen LogP contribution in [0.2, 0.25) is 0 Å². The van der Waals surface area contributed by atoms with Crippen LogP contribution in [0, 0.1) is 5.82 Å². The number of ether oxygens (including phenoxy) is 1. The average Bonchev–Trinajstić information content (AvgIpc) is 3.04. The smallest absolute Gasteiger partial charge is 0.339 e. The molecule has 1 heterocycles. The van der Waals surface area contributed by atoms with Crippen LogP contribution >= 0.6 is 12.4 Å². The molecule has 0 spiro atoms. The van der Waals surface area contributed by atoms with E-state index < -0.39 is 21.8 Å². The van der Waals surface area contributed by atoms with Gasteiger partial charge in [0.15, 0.2) is 0 Å². The van der Waals surface area contributed by atoms with Crippen LogP contribution in [-0.4, -0.2) is 44.9 Å². The van der Waals surface area contributed by atoms with Crippen molar-refractivity contribution in [3.63, 3.8) is 0 Å². The molecule has 3 rings (SSSR count). The Kier molecular flexibility index (Phi) is 6.59. The van der Waals surface area contributed by atoms with Gasteiger partial charge in [-0.15, -0.1) is 12.4 Å². The molecule has 2 N–H and O–H groups in total. The van der Waals surface area contributed by atoms with Crippen molar-refractivity contribution in [3.05, 3.63) is 65.5 Å². The topological polar surface area (TPSA) is 89.7 Å². The zero-order chi connectivity index (χ0) is 18.9. The lowest BCUT2D eigenvalue weighted by molar-refractivity contribution is 0.0595. The zero-order valence-electron chi connectivity index (χ0n) is 14.5. The predicted molar refractivity (Wildman–Crippen MR) is 101 cm³/mol. The highest BCUT2D eigenvalue weighted by atomic mass is 35.5. The number of nitrogens with two attached hydrogens (primary N) is 1. The fourth-order valence-electron chi connectivity index (χ4n) is 3.18. The van der Waals surface area contributed by atoms with Gasteiger partial charge in [-0.05, 0) is 23.8 Å². The highest BCUT2D eigenvalue weighted by molar-refractivity contribution is 7.89. The van der Waals surface area contributed by atoms with Crippen molar-refractivity contribution in [1.82, 2.24) is 4.31 Å². The van der Waals surface area contributed by atoms with E-state index in [1.165, 1.54) is 4.31 Å². The van der Waals surface area contributed by atoms with Crippen LogP contribution in [0.3, 0.4) is 0 Å². The predicted octanol–water partition coefficient (Wildman–Crippen LogP) is 2.15. The van der Waals surface area contributed by atoms with Gasteiger partial charge in [-0.1, -0.05) is 30.3 Å². The molecule has 1 aliphatic heterocycles. The average molecular weight is 415 g/mol. The highest BCUT2D eigenvalue weighted by Crippen LogP contribution is 2.31. The second kappa shape index (κ2) is 8.35. The molecule has 0 aliphatic carbocycles. The molecule has 2 aromatic rings. The van der Waals surface area contributed by atoms with Gasteiger partial charge in [-0.3, -0.25) is 0 Å². The van der Waals surface area contributed by atoms with Crippen molar-refractivity contribution in [3.8, 4) is 0 Å². The molecule has 0 radical (unpaired) electrons. The molecule has 6 nitrogen and oxygen atoms in total. The first-order chi connectivity index (χ1) is 12.3. The van der Waals surface area contributed by atoms with Crippen LogP contribution in [0.5, 0.6) is 0 Å². The molecule has 1 aliphatic rings. The van der Waals surface area contributed by atoms with Gasteiger partial charge in [0.05, 0.1) is 17.6 Å². The number of esters is 1. The molecule has 2 aromatic carbocycles. The van der Waals surface area contributed by atoms with E-state index in [1.807, 2.05) is 30.3 Å². The van der Waals surface area contributed by atoms with Crippen molar-refractivity contribution in [2.75, 3.05) is 20.2 Å². The Morgan fingerprint density at radius 2 is 1.85 bits per heavy atom. The zero-order valence-corrected chi connectivity index (χ0v) is 16.2. The minimum Gasteiger partial charge on any atom is -0.465 e. The Bertz CT molecular complexity index is 924. The summed E-state index contributed by atoms with van der Waals surface area (Å²) in [6, 6.07) is 12.0. The van der Waals surface area contributed by atoms with Gasteiger partial charge in [0.1, 0.15) is 5.82 Å². The standard InChI is InChI=1S/C18H19FN2O4S.ClH/c1-25-18(22)14-9-13(19)7-8-17(14)26(23,24)21-10-15(16(20)11-21)12-5-3-2-4-6-12;/h2-9,15-16H,10-11,20H2,1H3;1H/t15-,16+;/m0./s1. The molecule has 2 atom stereocenters. The number of carbonyl (C=O) groups is 1.